The van der Waals surface area contributed by atoms with Gasteiger partial charge in [-0.05, 0) is 37.2 Å². The molecular weight excluding hydrogens is 498 g/mol. The summed E-state index contributed by atoms with van der Waals surface area (Å²) < 4.78 is 13.1. The van der Waals surface area contributed by atoms with Gasteiger partial charge in [0.2, 0.25) is 17.5 Å². The van der Waals surface area contributed by atoms with Crippen LogP contribution in [0.1, 0.15) is 48.5 Å². The van der Waals surface area contributed by atoms with Crippen molar-refractivity contribution in [3.8, 4) is 0 Å². The van der Waals surface area contributed by atoms with Crippen molar-refractivity contribution in [1.82, 2.24) is 4.98 Å². The highest BCUT2D eigenvalue weighted by Gasteiger charge is 2.78. The Morgan fingerprint density at radius 2 is 1.92 bits per heavy atom. The molecule has 5 rings (SSSR count). The Balaban J connectivity index is 0.00000336. The van der Waals surface area contributed by atoms with Gasteiger partial charge in [0.05, 0.1) is 41.3 Å². The molecule has 3 aliphatic rings. The van der Waals surface area contributed by atoms with E-state index in [1.165, 1.54) is 4.90 Å². The number of benzene rings is 1. The largest absolute Gasteiger partial charge is 0.416 e. The minimum absolute atomic E-state index is 0. The minimum atomic E-state index is -2.07. The molecule has 2 aromatic rings. The second kappa shape index (κ2) is 8.95. The number of anilines is 1. The van der Waals surface area contributed by atoms with Crippen molar-refractivity contribution in [1.29, 1.82) is 0 Å². The molecule has 3 unspecified atom stereocenters. The van der Waals surface area contributed by atoms with Crippen molar-refractivity contribution in [3.05, 3.63) is 41.9 Å². The highest BCUT2D eigenvalue weighted by atomic mass is 28.4. The van der Waals surface area contributed by atoms with Crippen LogP contribution in [0.3, 0.4) is 0 Å². The van der Waals surface area contributed by atoms with E-state index in [0.717, 1.165) is 0 Å². The summed E-state index contributed by atoms with van der Waals surface area (Å²) in [7, 11) is -2.07. The fraction of sp³-hybridized carbons (Fsp3) is 0.586. The third-order valence-corrected chi connectivity index (χ3v) is 14.0. The second-order valence-corrected chi connectivity index (χ2v) is 17.3. The topological polar surface area (TPSA) is 93.3 Å². The molecule has 3 saturated heterocycles. The zero-order valence-corrected chi connectivity index (χ0v) is 23.5. The summed E-state index contributed by atoms with van der Waals surface area (Å²) in [6.07, 6.45) is 0.996. The molecule has 2 bridgehead atoms. The molecule has 3 fully saturated rings. The number of carbonyl (C=O) groups is 2. The number of aliphatic hydroxyl groups is 1. The van der Waals surface area contributed by atoms with Crippen LogP contribution in [0.25, 0.3) is 15.7 Å². The lowest BCUT2D eigenvalue weighted by molar-refractivity contribution is -0.138. The lowest BCUT2D eigenvalue weighted by atomic mass is 9.63. The summed E-state index contributed by atoms with van der Waals surface area (Å²) in [4.78, 5) is 37.2. The van der Waals surface area contributed by atoms with Gasteiger partial charge in [0.15, 0.2) is 8.32 Å². The van der Waals surface area contributed by atoms with Crippen molar-refractivity contribution >= 4 is 42.4 Å². The third kappa shape index (κ3) is 3.68. The van der Waals surface area contributed by atoms with E-state index in [9.17, 15) is 14.7 Å². The fourth-order valence-electron chi connectivity index (χ4n) is 6.19. The first-order valence-corrected chi connectivity index (χ1v) is 15.8. The second-order valence-electron chi connectivity index (χ2n) is 12.5. The van der Waals surface area contributed by atoms with Crippen LogP contribution in [0.5, 0.6) is 0 Å². The fourth-order valence-corrected chi connectivity index (χ4v) is 7.29. The minimum Gasteiger partial charge on any atom is -0.416 e. The lowest BCUT2D eigenvalue weighted by Gasteiger charge is -2.41. The van der Waals surface area contributed by atoms with Gasteiger partial charge in [-0.15, -0.1) is 0 Å². The molecule has 1 N–H and O–H groups in total. The maximum Gasteiger partial charge on any atom is 0.240 e. The molecule has 204 valence electrons. The van der Waals surface area contributed by atoms with Gasteiger partial charge in [-0.2, -0.15) is 0 Å². The van der Waals surface area contributed by atoms with Crippen LogP contribution in [-0.2, 0) is 18.8 Å². The molecule has 0 spiro atoms. The van der Waals surface area contributed by atoms with Gasteiger partial charge in [0.1, 0.15) is 5.60 Å². The Bertz CT molecular complexity index is 1350. The summed E-state index contributed by atoms with van der Waals surface area (Å²) in [5.41, 5.74) is -0.950. The number of hydrogen-bond donors (Lipinski definition) is 1. The highest BCUT2D eigenvalue weighted by molar-refractivity contribution is 6.74. The average Bonchev–Trinajstić information content (AvgIpc) is 3.38. The molecule has 2 amide bonds. The first-order valence-electron chi connectivity index (χ1n) is 12.8. The molecule has 0 aliphatic carbocycles. The molecule has 1 aromatic heterocycles. The summed E-state index contributed by atoms with van der Waals surface area (Å²) in [5.74, 6) is -2.44. The Morgan fingerprint density at radius 1 is 1.26 bits per heavy atom. The number of pyridine rings is 1. The number of hydrogen-bond acceptors (Lipinski definition) is 6. The van der Waals surface area contributed by atoms with Gasteiger partial charge in [-0.3, -0.25) is 14.6 Å². The lowest BCUT2D eigenvalue weighted by Crippen LogP contribution is -2.52. The first-order chi connectivity index (χ1) is 17.2. The number of rotatable bonds is 5. The molecule has 4 heterocycles. The number of imide groups is 1. The monoisotopic (exact) mass is 537 g/mol. The Hall–Kier alpha value is -2.64. The molecule has 8 nitrogen and oxygen atoms in total. The van der Waals surface area contributed by atoms with Gasteiger partial charge in [-0.1, -0.05) is 47.3 Å². The zero-order valence-electron chi connectivity index (χ0n) is 22.5. The molecule has 9 heteroatoms. The molecule has 0 radical (unpaired) electrons. The normalized spacial score (nSPS) is 31.3. The van der Waals surface area contributed by atoms with Crippen LogP contribution in [-0.4, -0.2) is 54.1 Å². The van der Waals surface area contributed by atoms with Crippen LogP contribution in [0, 0.1) is 24.3 Å². The highest BCUT2D eigenvalue weighted by Crippen LogP contribution is 2.64. The standard InChI is InChI=1S/C28H35N3O5Si.CH4/c1-16(15-35-37(7,8)26(2,3)4)28-14-20(32)27(5,36-28)21-22(28)25(34)31(24(21)33)19-12-11-18(29-6)23-17(19)10-9-13-30-23;/h9-13,16,20-22,32H,14-15H2,1-5,7-8H3;1H4/t16?,20-,21-,22+,27?,28?;/m1./s1. The number of nitrogens with zero attached hydrogens (tertiary/aromatic N) is 3. The van der Waals surface area contributed by atoms with E-state index in [2.05, 4.69) is 43.7 Å². The molecule has 0 saturated carbocycles. The summed E-state index contributed by atoms with van der Waals surface area (Å²) in [6.45, 7) is 22.5. The van der Waals surface area contributed by atoms with Gasteiger partial charge in [0.25, 0.3) is 0 Å². The van der Waals surface area contributed by atoms with Crippen LogP contribution in [0.15, 0.2) is 30.5 Å². The molecule has 38 heavy (non-hydrogen) atoms. The maximum atomic E-state index is 14.1. The van der Waals surface area contributed by atoms with Crippen LogP contribution < -0.4 is 4.90 Å². The maximum absolute atomic E-state index is 14.1. The number of carbonyl (C=O) groups excluding carboxylic acids is 2. The number of aliphatic hydroxyl groups excluding tert-OH is 1. The van der Waals surface area contributed by atoms with Gasteiger partial charge >= 0.3 is 0 Å². The van der Waals surface area contributed by atoms with Gasteiger partial charge in [-0.25, -0.2) is 9.74 Å². The Morgan fingerprint density at radius 3 is 2.55 bits per heavy atom. The molecule has 1 aromatic carbocycles. The summed E-state index contributed by atoms with van der Waals surface area (Å²) >= 11 is 0. The van der Waals surface area contributed by atoms with Crippen LogP contribution in [0.2, 0.25) is 18.1 Å². The summed E-state index contributed by atoms with van der Waals surface area (Å²) in [5, 5.41) is 11.7. The Labute approximate surface area is 226 Å². The van der Waals surface area contributed by atoms with E-state index >= 15 is 0 Å². The van der Waals surface area contributed by atoms with Crippen molar-refractivity contribution in [2.24, 2.45) is 17.8 Å². The summed E-state index contributed by atoms with van der Waals surface area (Å²) in [6, 6.07) is 6.74. The predicted octanol–water partition coefficient (Wildman–Crippen LogP) is 5.48. The quantitative estimate of drug-likeness (QED) is 0.309. The van der Waals surface area contributed by atoms with E-state index < -0.39 is 37.5 Å². The third-order valence-electron chi connectivity index (χ3n) is 9.46. The molecule has 3 aliphatic heterocycles. The van der Waals surface area contributed by atoms with E-state index in [4.69, 9.17) is 15.7 Å². The smallest absolute Gasteiger partial charge is 0.240 e. The van der Waals surface area contributed by atoms with Gasteiger partial charge in [0, 0.05) is 30.5 Å². The van der Waals surface area contributed by atoms with Crippen molar-refractivity contribution in [2.45, 2.75) is 83.9 Å². The van der Waals surface area contributed by atoms with Crippen LogP contribution >= 0.6 is 0 Å². The van der Waals surface area contributed by atoms with E-state index in [0.29, 0.717) is 28.9 Å². The molecular formula is C29H39N3O5Si. The number of fused-ring (bicyclic) bond motifs is 6. The number of aromatic nitrogens is 1. The predicted molar refractivity (Wildman–Crippen MR) is 149 cm³/mol. The number of amides is 2. The molecule has 6 atom stereocenters. The Kier molecular flexibility index (Phi) is 6.68. The first kappa shape index (κ1) is 28.4. The number of ether oxygens (including phenoxy) is 1. The van der Waals surface area contributed by atoms with Crippen molar-refractivity contribution in [2.75, 3.05) is 11.5 Å². The SMILES string of the molecule is C.[C-]#[N+]c1ccc(N2C(=O)[C@@H]3[C@H](C2=O)C2(C)OC3(C(C)CO[Si](C)(C)C(C)(C)C)C[C@H]2O)c2cccnc12. The van der Waals surface area contributed by atoms with Crippen LogP contribution in [0.4, 0.5) is 11.4 Å². The van der Waals surface area contributed by atoms with E-state index in [1.54, 1.807) is 37.4 Å². The average molecular weight is 538 g/mol. The van der Waals surface area contributed by atoms with E-state index in [1.807, 2.05) is 6.92 Å². The van der Waals surface area contributed by atoms with Crippen molar-refractivity contribution in [3.63, 3.8) is 0 Å². The zero-order chi connectivity index (χ0) is 27.1. The van der Waals surface area contributed by atoms with Crippen molar-refractivity contribution < 1.29 is 23.9 Å². The van der Waals surface area contributed by atoms with E-state index in [-0.39, 0.29) is 36.6 Å². The van der Waals surface area contributed by atoms with Gasteiger partial charge < -0.3 is 14.3 Å².